The summed E-state index contributed by atoms with van der Waals surface area (Å²) < 4.78 is 0. The van der Waals surface area contributed by atoms with Crippen molar-refractivity contribution in [3.63, 3.8) is 0 Å². The molecule has 7 heavy (non-hydrogen) atoms. The van der Waals surface area contributed by atoms with E-state index in [1.807, 2.05) is 0 Å². The van der Waals surface area contributed by atoms with Gasteiger partial charge in [0, 0.05) is 0 Å². The highest BCUT2D eigenvalue weighted by atomic mass is 27.0. The van der Waals surface area contributed by atoms with Crippen LogP contribution in [0, 0.1) is 0 Å². The fourth-order valence-corrected chi connectivity index (χ4v) is 0. The van der Waals surface area contributed by atoms with Crippen molar-refractivity contribution in [2.75, 3.05) is 0 Å². The number of hydrogen-bond acceptors (Lipinski definition) is 0. The molecule has 0 aromatic carbocycles. The van der Waals surface area contributed by atoms with E-state index in [1.54, 1.807) is 0 Å². The molecular formula is H21Al7. The van der Waals surface area contributed by atoms with Crippen molar-refractivity contribution in [3.8, 4) is 0 Å². The Morgan fingerprint density at radius 3 is 0.143 bits per heavy atom. The topological polar surface area (TPSA) is 0 Å². The molecule has 0 aliphatic carbocycles. The van der Waals surface area contributed by atoms with E-state index in [0.717, 1.165) is 0 Å². The molecule has 0 saturated heterocycles. The van der Waals surface area contributed by atoms with Crippen molar-refractivity contribution in [1.82, 2.24) is 0 Å². The Kier molecular flexibility index (Phi) is 557. The summed E-state index contributed by atoms with van der Waals surface area (Å²) in [7, 11) is 0. The predicted molar refractivity (Wildman–Crippen MR) is 69.6 cm³/mol. The SMILES string of the molecule is [AlH3].[AlH3].[AlH3].[AlH3].[AlH3].[AlH3].[AlH3]. The zero-order valence-corrected chi connectivity index (χ0v) is 0. The maximum absolute atomic E-state index is 0. The Balaban J connectivity index is 0. The maximum Gasteiger partial charge on any atom is 0.187 e. The van der Waals surface area contributed by atoms with Gasteiger partial charge in [-0.3, -0.25) is 0 Å². The van der Waals surface area contributed by atoms with E-state index in [2.05, 4.69) is 0 Å². The smallest absolute Gasteiger partial charge is 0.187 e. The molecule has 7 heteroatoms. The molecule has 0 amide bonds. The summed E-state index contributed by atoms with van der Waals surface area (Å²) in [5, 5.41) is 0. The largest absolute Gasteiger partial charge is 0.187 e. The minimum Gasteiger partial charge on any atom is 0.187 e. The minimum absolute atomic E-state index is 0. The Morgan fingerprint density at radius 1 is 0.143 bits per heavy atom. The van der Waals surface area contributed by atoms with Crippen LogP contribution in [0.5, 0.6) is 0 Å². The average Bonchev–Trinajstić information content (AvgIpc) is 0. The van der Waals surface area contributed by atoms with Crippen LogP contribution in [0.3, 0.4) is 0 Å². The molecule has 0 aromatic heterocycles. The Hall–Kier alpha value is 3.73. The van der Waals surface area contributed by atoms with E-state index < -0.39 is 0 Å². The molecule has 0 rings (SSSR count). The second-order valence-corrected chi connectivity index (χ2v) is 0. The van der Waals surface area contributed by atoms with Gasteiger partial charge in [0.25, 0.3) is 0 Å². The summed E-state index contributed by atoms with van der Waals surface area (Å²) >= 11 is 0. The normalized spacial score (nSPS) is 0. The highest BCUT2D eigenvalue weighted by Crippen LogP contribution is -0.375. The van der Waals surface area contributed by atoms with Crippen LogP contribution >= 0.6 is 0 Å². The first kappa shape index (κ1) is 73.1. The molecule has 42 valence electrons. The summed E-state index contributed by atoms with van der Waals surface area (Å²) in [6, 6.07) is 0. The summed E-state index contributed by atoms with van der Waals surface area (Å²) in [5.74, 6) is 0. The average molecular weight is 210 g/mol. The van der Waals surface area contributed by atoms with E-state index in [4.69, 9.17) is 0 Å². The summed E-state index contributed by atoms with van der Waals surface area (Å²) in [5.41, 5.74) is 0. The fourth-order valence-electron chi connectivity index (χ4n) is 0. The monoisotopic (exact) mass is 210 g/mol. The second kappa shape index (κ2) is 53.3. The Bertz CT molecular complexity index is 0. The van der Waals surface area contributed by atoms with Gasteiger partial charge in [-0.25, -0.2) is 0 Å². The van der Waals surface area contributed by atoms with Crippen LogP contribution in [0.15, 0.2) is 0 Å². The van der Waals surface area contributed by atoms with E-state index in [9.17, 15) is 0 Å². The summed E-state index contributed by atoms with van der Waals surface area (Å²) in [6.45, 7) is 0. The third-order valence-corrected chi connectivity index (χ3v) is 0. The zero-order chi connectivity index (χ0) is 0. The van der Waals surface area contributed by atoms with Gasteiger partial charge >= 0.3 is 0 Å². The van der Waals surface area contributed by atoms with Gasteiger partial charge in [0.1, 0.15) is 0 Å². The highest BCUT2D eigenvalue weighted by Gasteiger charge is 0.193. The van der Waals surface area contributed by atoms with Crippen LogP contribution in [0.4, 0.5) is 0 Å². The number of rotatable bonds is 0. The first-order valence-electron chi connectivity index (χ1n) is 0. The van der Waals surface area contributed by atoms with Crippen molar-refractivity contribution in [3.05, 3.63) is 0 Å². The number of hydrogen-bond donors (Lipinski definition) is 0. The van der Waals surface area contributed by atoms with Crippen molar-refractivity contribution < 1.29 is 0 Å². The van der Waals surface area contributed by atoms with Crippen molar-refractivity contribution in [2.45, 2.75) is 0 Å². The van der Waals surface area contributed by atoms with Crippen LogP contribution in [-0.2, 0) is 0 Å². The zero-order valence-electron chi connectivity index (χ0n) is 0. The van der Waals surface area contributed by atoms with Gasteiger partial charge in [-0.15, -0.1) is 0 Å². The van der Waals surface area contributed by atoms with Gasteiger partial charge in [-0.05, 0) is 0 Å². The lowest BCUT2D eigenvalue weighted by Crippen LogP contribution is -0.382. The Morgan fingerprint density at radius 2 is 0.143 bits per heavy atom. The maximum atomic E-state index is 0. The molecule has 0 aromatic rings. The Labute approximate surface area is 119 Å². The first-order chi connectivity index (χ1) is 0. The molecule has 0 aliphatic rings. The van der Waals surface area contributed by atoms with Gasteiger partial charge in [0.05, 0.1) is 0 Å². The molecule has 0 atom stereocenters. The summed E-state index contributed by atoms with van der Waals surface area (Å²) in [6.07, 6.45) is 0. The van der Waals surface area contributed by atoms with E-state index in [-0.39, 0.29) is 122 Å². The third-order valence-electron chi connectivity index (χ3n) is 0. The molecule has 0 saturated carbocycles. The lowest BCUT2D eigenvalue weighted by atomic mass is 27.0. The van der Waals surface area contributed by atoms with Crippen LogP contribution in [0.25, 0.3) is 0 Å². The van der Waals surface area contributed by atoms with Gasteiger partial charge in [0.15, 0.2) is 122 Å². The first-order valence-corrected chi connectivity index (χ1v) is 0. The molecule has 0 radical (unpaired) electrons. The van der Waals surface area contributed by atoms with Crippen LogP contribution < -0.4 is 0 Å². The van der Waals surface area contributed by atoms with E-state index in [1.165, 1.54) is 0 Å². The van der Waals surface area contributed by atoms with Crippen molar-refractivity contribution in [1.29, 1.82) is 0 Å². The second-order valence-electron chi connectivity index (χ2n) is 0. The standard InChI is InChI=1S/7Al.21H. The van der Waals surface area contributed by atoms with Gasteiger partial charge < -0.3 is 0 Å². The highest BCUT2D eigenvalue weighted by molar-refractivity contribution is 5.76. The van der Waals surface area contributed by atoms with Crippen molar-refractivity contribution in [2.24, 2.45) is 0 Å². The molecule has 0 fully saturated rings. The van der Waals surface area contributed by atoms with E-state index >= 15 is 0 Å². The molecule has 0 spiro atoms. The molecule has 0 aliphatic heterocycles. The van der Waals surface area contributed by atoms with Crippen LogP contribution in [0.1, 0.15) is 0 Å². The molecule has 0 unspecified atom stereocenters. The van der Waals surface area contributed by atoms with Crippen LogP contribution in [-0.4, -0.2) is 122 Å². The molecule has 0 nitrogen and oxygen atoms in total. The van der Waals surface area contributed by atoms with Gasteiger partial charge in [-0.2, -0.15) is 0 Å². The summed E-state index contributed by atoms with van der Waals surface area (Å²) in [4.78, 5) is 0. The minimum atomic E-state index is 0. The van der Waals surface area contributed by atoms with Crippen molar-refractivity contribution >= 4 is 122 Å². The molecule has 0 N–H and O–H groups in total. The van der Waals surface area contributed by atoms with Gasteiger partial charge in [-0.1, -0.05) is 0 Å². The molecule has 0 bridgehead atoms. The molecular weight excluding hydrogens is 189 g/mol. The van der Waals surface area contributed by atoms with Crippen LogP contribution in [0.2, 0.25) is 0 Å². The lowest BCUT2D eigenvalue weighted by molar-refractivity contribution is 5.75. The fraction of sp³-hybridized carbons (Fsp3) is 0. The molecule has 0 heterocycles. The van der Waals surface area contributed by atoms with Gasteiger partial charge in [0.2, 0.25) is 0 Å². The van der Waals surface area contributed by atoms with E-state index in [0.29, 0.717) is 0 Å². The quantitative estimate of drug-likeness (QED) is 0.348. The predicted octanol–water partition coefficient (Wildman–Crippen LogP) is -8.29. The third kappa shape index (κ3) is 41.8. The lowest BCUT2D eigenvalue weighted by Gasteiger charge is 0.186.